The zero-order valence-electron chi connectivity index (χ0n) is 10.6. The summed E-state index contributed by atoms with van der Waals surface area (Å²) in [7, 11) is 0. The number of ether oxygens (including phenoxy) is 1. The van der Waals surface area contributed by atoms with Crippen LogP contribution in [0.4, 0.5) is 13.2 Å². The predicted molar refractivity (Wildman–Crippen MR) is 67.0 cm³/mol. The largest absolute Gasteiger partial charge is 0.411 e. The fourth-order valence-corrected chi connectivity index (χ4v) is 2.46. The molecule has 0 bridgehead atoms. The van der Waals surface area contributed by atoms with E-state index >= 15 is 0 Å². The van der Waals surface area contributed by atoms with Gasteiger partial charge < -0.3 is 10.1 Å². The molecule has 104 valence electrons. The number of hydrogen-bond donors (Lipinski definition) is 1. The van der Waals surface area contributed by atoms with Crippen molar-refractivity contribution in [2.45, 2.75) is 33.0 Å². The van der Waals surface area contributed by atoms with Crippen molar-refractivity contribution in [1.82, 2.24) is 5.32 Å². The SMILES string of the molecule is Cc1cc(CNCCCOCC(F)(F)F)sc1C. The lowest BCUT2D eigenvalue weighted by molar-refractivity contribution is -0.173. The summed E-state index contributed by atoms with van der Waals surface area (Å²) < 4.78 is 39.8. The van der Waals surface area contributed by atoms with Gasteiger partial charge in [-0.25, -0.2) is 0 Å². The maximum atomic E-state index is 11.8. The second-order valence-corrected chi connectivity index (χ2v) is 5.49. The summed E-state index contributed by atoms with van der Waals surface area (Å²) in [5, 5.41) is 3.19. The van der Waals surface area contributed by atoms with Crippen LogP contribution in [0.5, 0.6) is 0 Å². The smallest absolute Gasteiger partial charge is 0.372 e. The van der Waals surface area contributed by atoms with Crippen molar-refractivity contribution in [2.24, 2.45) is 0 Å². The van der Waals surface area contributed by atoms with E-state index in [0.717, 1.165) is 6.54 Å². The van der Waals surface area contributed by atoms with Crippen molar-refractivity contribution in [3.05, 3.63) is 21.4 Å². The molecule has 0 atom stereocenters. The standard InChI is InChI=1S/C12H18F3NOS/c1-9-6-11(18-10(9)2)7-16-4-3-5-17-8-12(13,14)15/h6,16H,3-5,7-8H2,1-2H3. The van der Waals surface area contributed by atoms with Gasteiger partial charge in [-0.1, -0.05) is 0 Å². The molecule has 0 amide bonds. The lowest BCUT2D eigenvalue weighted by atomic mass is 10.3. The molecule has 18 heavy (non-hydrogen) atoms. The zero-order valence-corrected chi connectivity index (χ0v) is 11.4. The van der Waals surface area contributed by atoms with Crippen LogP contribution in [0, 0.1) is 13.8 Å². The number of aryl methyl sites for hydroxylation is 2. The molecule has 1 N–H and O–H groups in total. The van der Waals surface area contributed by atoms with E-state index in [1.807, 2.05) is 0 Å². The molecular formula is C12H18F3NOS. The maximum Gasteiger partial charge on any atom is 0.411 e. The lowest BCUT2D eigenvalue weighted by Crippen LogP contribution is -2.20. The minimum absolute atomic E-state index is 0.134. The molecule has 0 saturated carbocycles. The van der Waals surface area contributed by atoms with Crippen LogP contribution in [0.1, 0.15) is 21.7 Å². The van der Waals surface area contributed by atoms with Gasteiger partial charge in [-0.05, 0) is 38.4 Å². The van der Waals surface area contributed by atoms with Crippen molar-refractivity contribution in [3.63, 3.8) is 0 Å². The predicted octanol–water partition coefficient (Wildman–Crippen LogP) is 3.42. The Morgan fingerprint density at radius 3 is 2.61 bits per heavy atom. The third-order valence-corrected chi connectivity index (χ3v) is 3.58. The Morgan fingerprint density at radius 2 is 2.06 bits per heavy atom. The van der Waals surface area contributed by atoms with E-state index in [4.69, 9.17) is 0 Å². The molecule has 0 fully saturated rings. The molecule has 0 unspecified atom stereocenters. The highest BCUT2D eigenvalue weighted by Gasteiger charge is 2.27. The van der Waals surface area contributed by atoms with Gasteiger partial charge in [-0.2, -0.15) is 13.2 Å². The second-order valence-electron chi connectivity index (χ2n) is 4.15. The van der Waals surface area contributed by atoms with Gasteiger partial charge in [0.2, 0.25) is 0 Å². The van der Waals surface area contributed by atoms with Gasteiger partial charge in [0, 0.05) is 22.9 Å². The summed E-state index contributed by atoms with van der Waals surface area (Å²) in [6.07, 6.45) is -3.64. The molecule has 0 aromatic carbocycles. The van der Waals surface area contributed by atoms with E-state index in [0.29, 0.717) is 13.0 Å². The van der Waals surface area contributed by atoms with Crippen molar-refractivity contribution in [1.29, 1.82) is 0 Å². The van der Waals surface area contributed by atoms with Gasteiger partial charge in [0.15, 0.2) is 0 Å². The first-order chi connectivity index (χ1) is 8.38. The van der Waals surface area contributed by atoms with Crippen LogP contribution in [0.2, 0.25) is 0 Å². The third-order valence-electron chi connectivity index (χ3n) is 2.42. The van der Waals surface area contributed by atoms with E-state index in [9.17, 15) is 13.2 Å². The second kappa shape index (κ2) is 7.11. The molecule has 0 aliphatic heterocycles. The number of thiophene rings is 1. The van der Waals surface area contributed by atoms with E-state index < -0.39 is 12.8 Å². The Labute approximate surface area is 109 Å². The molecule has 1 heterocycles. The van der Waals surface area contributed by atoms with Crippen LogP contribution in [0.15, 0.2) is 6.07 Å². The summed E-state index contributed by atoms with van der Waals surface area (Å²) in [5.41, 5.74) is 1.28. The van der Waals surface area contributed by atoms with Crippen molar-refractivity contribution < 1.29 is 17.9 Å². The van der Waals surface area contributed by atoms with Crippen LogP contribution in [-0.4, -0.2) is 25.9 Å². The molecule has 0 aliphatic rings. The number of alkyl halides is 3. The molecule has 1 aromatic rings. The number of nitrogens with one attached hydrogen (secondary N) is 1. The minimum atomic E-state index is -4.22. The van der Waals surface area contributed by atoms with Gasteiger partial charge in [0.05, 0.1) is 0 Å². The van der Waals surface area contributed by atoms with Gasteiger partial charge in [0.25, 0.3) is 0 Å². The molecule has 0 spiro atoms. The van der Waals surface area contributed by atoms with Crippen LogP contribution in [0.25, 0.3) is 0 Å². The highest BCUT2D eigenvalue weighted by molar-refractivity contribution is 7.12. The van der Waals surface area contributed by atoms with Gasteiger partial charge in [-0.15, -0.1) is 11.3 Å². The Hall–Kier alpha value is -0.590. The Kier molecular flexibility index (Phi) is 6.11. The third kappa shape index (κ3) is 6.37. The fraction of sp³-hybridized carbons (Fsp3) is 0.667. The van der Waals surface area contributed by atoms with Crippen molar-refractivity contribution >= 4 is 11.3 Å². The Morgan fingerprint density at radius 1 is 1.33 bits per heavy atom. The quantitative estimate of drug-likeness (QED) is 0.773. The molecule has 1 rings (SSSR count). The molecule has 0 radical (unpaired) electrons. The average Bonchev–Trinajstić information content (AvgIpc) is 2.55. The zero-order chi connectivity index (χ0) is 13.6. The van der Waals surface area contributed by atoms with Crippen LogP contribution in [-0.2, 0) is 11.3 Å². The lowest BCUT2D eigenvalue weighted by Gasteiger charge is -2.07. The monoisotopic (exact) mass is 281 g/mol. The molecule has 0 aliphatic carbocycles. The van der Waals surface area contributed by atoms with Gasteiger partial charge in [0.1, 0.15) is 6.61 Å². The van der Waals surface area contributed by atoms with Crippen LogP contribution >= 0.6 is 11.3 Å². The first kappa shape index (κ1) is 15.5. The fourth-order valence-electron chi connectivity index (χ4n) is 1.44. The molecule has 1 aromatic heterocycles. The number of halogens is 3. The van der Waals surface area contributed by atoms with Crippen LogP contribution < -0.4 is 5.32 Å². The summed E-state index contributed by atoms with van der Waals surface area (Å²) in [4.78, 5) is 2.56. The van der Waals surface area contributed by atoms with E-state index in [-0.39, 0.29) is 6.61 Å². The van der Waals surface area contributed by atoms with Crippen molar-refractivity contribution in [2.75, 3.05) is 19.8 Å². The summed E-state index contributed by atoms with van der Waals surface area (Å²) in [6, 6.07) is 2.13. The molecule has 6 heteroatoms. The first-order valence-corrected chi connectivity index (χ1v) is 6.61. The van der Waals surface area contributed by atoms with Gasteiger partial charge in [-0.3, -0.25) is 0 Å². The van der Waals surface area contributed by atoms with Crippen LogP contribution in [0.3, 0.4) is 0 Å². The molecule has 2 nitrogen and oxygen atoms in total. The highest BCUT2D eigenvalue weighted by Crippen LogP contribution is 2.20. The van der Waals surface area contributed by atoms with E-state index in [1.165, 1.54) is 15.3 Å². The number of hydrogen-bond acceptors (Lipinski definition) is 3. The van der Waals surface area contributed by atoms with Gasteiger partial charge >= 0.3 is 6.18 Å². The Bertz CT molecular complexity index is 343. The number of rotatable bonds is 7. The first-order valence-electron chi connectivity index (χ1n) is 5.79. The summed E-state index contributed by atoms with van der Waals surface area (Å²) in [5.74, 6) is 0. The summed E-state index contributed by atoms with van der Waals surface area (Å²) in [6.45, 7) is 4.55. The average molecular weight is 281 g/mol. The van der Waals surface area contributed by atoms with Crippen molar-refractivity contribution in [3.8, 4) is 0 Å². The molecule has 0 saturated heterocycles. The normalized spacial score (nSPS) is 12.1. The Balaban J connectivity index is 2.02. The highest BCUT2D eigenvalue weighted by atomic mass is 32.1. The van der Waals surface area contributed by atoms with E-state index in [1.54, 1.807) is 11.3 Å². The molecular weight excluding hydrogens is 263 g/mol. The van der Waals surface area contributed by atoms with E-state index in [2.05, 4.69) is 30.0 Å². The topological polar surface area (TPSA) is 21.3 Å². The summed E-state index contributed by atoms with van der Waals surface area (Å²) >= 11 is 1.74. The maximum absolute atomic E-state index is 11.8. The minimum Gasteiger partial charge on any atom is -0.372 e.